The number of ether oxygens (including phenoxy) is 1. The maximum atomic E-state index is 10.4. The number of carbonyl (C=O) groups excluding carboxylic acids is 1. The minimum absolute atomic E-state index is 0.206. The summed E-state index contributed by atoms with van der Waals surface area (Å²) in [6.07, 6.45) is 8.92. The summed E-state index contributed by atoms with van der Waals surface area (Å²) in [4.78, 5) is 31.1. The van der Waals surface area contributed by atoms with Crippen LogP contribution in [0.2, 0.25) is 0 Å². The van der Waals surface area contributed by atoms with E-state index >= 15 is 0 Å². The van der Waals surface area contributed by atoms with E-state index in [4.69, 9.17) is 9.79 Å². The molecule has 0 saturated heterocycles. The van der Waals surface area contributed by atoms with Crippen molar-refractivity contribution in [2.75, 3.05) is 26.9 Å². The largest absolute Gasteiger partial charge is 0.453 e. The fourth-order valence-corrected chi connectivity index (χ4v) is 1.95. The molecule has 0 aliphatic carbocycles. The first-order valence-electron chi connectivity index (χ1n) is 7.78. The van der Waals surface area contributed by atoms with Gasteiger partial charge in [0, 0.05) is 6.54 Å². The van der Waals surface area contributed by atoms with E-state index in [1.165, 1.54) is 14.2 Å². The molecule has 0 aromatic rings. The summed E-state index contributed by atoms with van der Waals surface area (Å²) in [5.74, 6) is 0. The molecule has 0 aliphatic rings. The van der Waals surface area contributed by atoms with E-state index in [0.717, 1.165) is 11.3 Å². The van der Waals surface area contributed by atoms with E-state index in [0.29, 0.717) is 0 Å². The topological polar surface area (TPSA) is 134 Å². The lowest BCUT2D eigenvalue weighted by atomic mass is 10.2. The smallest absolute Gasteiger partial charge is 0.406 e. The van der Waals surface area contributed by atoms with Gasteiger partial charge in [-0.3, -0.25) is 9.56 Å². The third-order valence-electron chi connectivity index (χ3n) is 2.44. The first-order chi connectivity index (χ1) is 12.2. The SMILES string of the molecule is C=CC(/C=C\C)=C(\C=C/C)N=C.CN.COC(=O)NCCCP(=O)(O)O. The second kappa shape index (κ2) is 19.3. The van der Waals surface area contributed by atoms with E-state index in [-0.39, 0.29) is 19.1 Å². The van der Waals surface area contributed by atoms with Crippen LogP contribution < -0.4 is 11.1 Å². The lowest BCUT2D eigenvalue weighted by Gasteiger charge is -2.04. The molecule has 0 heterocycles. The Balaban J connectivity index is -0.000000371. The van der Waals surface area contributed by atoms with Gasteiger partial charge < -0.3 is 25.6 Å². The fraction of sp³-hybridized carbons (Fsp3) is 0.412. The van der Waals surface area contributed by atoms with Gasteiger partial charge in [-0.05, 0) is 45.7 Å². The van der Waals surface area contributed by atoms with Crippen molar-refractivity contribution in [3.63, 3.8) is 0 Å². The first kappa shape index (κ1) is 28.8. The highest BCUT2D eigenvalue weighted by molar-refractivity contribution is 7.51. The number of methoxy groups -OCH3 is 1. The van der Waals surface area contributed by atoms with Gasteiger partial charge in [0.1, 0.15) is 0 Å². The van der Waals surface area contributed by atoms with Crippen LogP contribution in [-0.4, -0.2) is 49.5 Å². The van der Waals surface area contributed by atoms with Gasteiger partial charge in [-0.25, -0.2) is 4.79 Å². The fourth-order valence-electron chi connectivity index (χ4n) is 1.38. The molecule has 0 radical (unpaired) electrons. The van der Waals surface area contributed by atoms with Crippen LogP contribution >= 0.6 is 7.60 Å². The second-order valence-corrected chi connectivity index (χ2v) is 6.14. The lowest BCUT2D eigenvalue weighted by molar-refractivity contribution is 0.171. The molecule has 0 aliphatic heterocycles. The van der Waals surface area contributed by atoms with E-state index in [1.54, 1.807) is 6.08 Å². The Hall–Kier alpha value is -1.99. The van der Waals surface area contributed by atoms with Crippen molar-refractivity contribution in [3.05, 3.63) is 48.2 Å². The minimum Gasteiger partial charge on any atom is -0.453 e. The average Bonchev–Trinajstić information content (AvgIpc) is 2.62. The number of amides is 1. The number of hydrogen-bond acceptors (Lipinski definition) is 5. The number of rotatable bonds is 8. The van der Waals surface area contributed by atoms with Crippen LogP contribution in [-0.2, 0) is 9.30 Å². The van der Waals surface area contributed by atoms with Gasteiger partial charge >= 0.3 is 13.7 Å². The molecule has 0 aromatic heterocycles. The Morgan fingerprint density at radius 2 is 1.81 bits per heavy atom. The number of nitrogens with one attached hydrogen (secondary N) is 1. The van der Waals surface area contributed by atoms with Gasteiger partial charge in [0.05, 0.1) is 19.0 Å². The van der Waals surface area contributed by atoms with Gasteiger partial charge in [-0.2, -0.15) is 0 Å². The number of alkyl carbamates (subject to hydrolysis) is 1. The van der Waals surface area contributed by atoms with E-state index in [1.807, 2.05) is 38.2 Å². The lowest BCUT2D eigenvalue weighted by Crippen LogP contribution is -2.24. The number of aliphatic imine (C=N–C) groups is 1. The average molecular weight is 389 g/mol. The highest BCUT2D eigenvalue weighted by Crippen LogP contribution is 2.34. The van der Waals surface area contributed by atoms with Gasteiger partial charge in [-0.1, -0.05) is 30.9 Å². The molecule has 0 unspecified atom stereocenters. The molecule has 5 N–H and O–H groups in total. The van der Waals surface area contributed by atoms with Crippen molar-refractivity contribution in [3.8, 4) is 0 Å². The maximum absolute atomic E-state index is 10.4. The number of nitrogens with two attached hydrogens (primary N) is 1. The molecule has 150 valence electrons. The quantitative estimate of drug-likeness (QED) is 0.218. The van der Waals surface area contributed by atoms with Crippen LogP contribution in [0, 0.1) is 0 Å². The summed E-state index contributed by atoms with van der Waals surface area (Å²) >= 11 is 0. The zero-order chi connectivity index (χ0) is 21.0. The minimum atomic E-state index is -3.93. The van der Waals surface area contributed by atoms with E-state index < -0.39 is 13.7 Å². The third-order valence-corrected chi connectivity index (χ3v) is 3.34. The van der Waals surface area contributed by atoms with Gasteiger partial charge in [0.15, 0.2) is 0 Å². The van der Waals surface area contributed by atoms with E-state index in [9.17, 15) is 9.36 Å². The van der Waals surface area contributed by atoms with Crippen molar-refractivity contribution < 1.29 is 23.9 Å². The molecule has 9 heteroatoms. The molecule has 8 nitrogen and oxygen atoms in total. The third kappa shape index (κ3) is 20.1. The zero-order valence-corrected chi connectivity index (χ0v) is 16.9. The summed E-state index contributed by atoms with van der Waals surface area (Å²) < 4.78 is 14.5. The molecule has 0 fully saturated rings. The Kier molecular flexibility index (Phi) is 21.4. The Labute approximate surface area is 156 Å². The summed E-state index contributed by atoms with van der Waals surface area (Å²) in [7, 11) is -1.21. The van der Waals surface area contributed by atoms with Crippen molar-refractivity contribution >= 4 is 20.4 Å². The van der Waals surface area contributed by atoms with Gasteiger partial charge in [0.2, 0.25) is 0 Å². The monoisotopic (exact) mass is 389 g/mol. The molecule has 0 saturated carbocycles. The molecule has 0 aromatic carbocycles. The summed E-state index contributed by atoms with van der Waals surface area (Å²) in [6.45, 7) is 11.3. The molecule has 1 amide bonds. The molecule has 26 heavy (non-hydrogen) atoms. The van der Waals surface area contributed by atoms with Crippen molar-refractivity contribution in [2.45, 2.75) is 20.3 Å². The van der Waals surface area contributed by atoms with Crippen LogP contribution in [0.5, 0.6) is 0 Å². The predicted octanol–water partition coefficient (Wildman–Crippen LogP) is 2.76. The molecule has 0 atom stereocenters. The summed E-state index contributed by atoms with van der Waals surface area (Å²) in [5, 5.41) is 2.30. The van der Waals surface area contributed by atoms with Crippen molar-refractivity contribution in [1.29, 1.82) is 0 Å². The van der Waals surface area contributed by atoms with Crippen LogP contribution in [0.15, 0.2) is 53.2 Å². The number of carbonyl (C=O) groups is 1. The number of hydrogen-bond donors (Lipinski definition) is 4. The Bertz CT molecular complexity index is 511. The molecule has 0 spiro atoms. The Morgan fingerprint density at radius 1 is 1.27 bits per heavy atom. The van der Waals surface area contributed by atoms with Crippen LogP contribution in [0.3, 0.4) is 0 Å². The standard InChI is InChI=1S/C11H15N.C5H12NO5P.CH5N/c1-5-8-10(7-3)11(12-4)9-6-2;1-11-5(7)6-3-2-4-12(8,9)10;1-2/h5-9H,3-4H2,1-2H3;2-4H2,1H3,(H,6,7)(H2,8,9,10);2H2,1H3/b8-5-,9-6-,11-10-;;. The van der Waals surface area contributed by atoms with Crippen LogP contribution in [0.4, 0.5) is 4.79 Å². The molecule has 0 rings (SSSR count). The first-order valence-corrected chi connectivity index (χ1v) is 9.58. The maximum Gasteiger partial charge on any atom is 0.406 e. The Morgan fingerprint density at radius 3 is 2.15 bits per heavy atom. The summed E-state index contributed by atoms with van der Waals surface area (Å²) in [6, 6.07) is 0. The van der Waals surface area contributed by atoms with Crippen molar-refractivity contribution in [2.24, 2.45) is 10.7 Å². The summed E-state index contributed by atoms with van der Waals surface area (Å²) in [5.41, 5.74) is 6.34. The van der Waals surface area contributed by atoms with Crippen LogP contribution in [0.1, 0.15) is 20.3 Å². The molecular formula is C17H32N3O5P. The molecule has 0 bridgehead atoms. The number of allylic oxidation sites excluding steroid dienone is 6. The zero-order valence-electron chi connectivity index (χ0n) is 16.0. The van der Waals surface area contributed by atoms with Gasteiger partial charge in [0.25, 0.3) is 0 Å². The second-order valence-electron chi connectivity index (χ2n) is 4.36. The highest BCUT2D eigenvalue weighted by Gasteiger charge is 2.11. The predicted molar refractivity (Wildman–Crippen MR) is 108 cm³/mol. The normalized spacial score (nSPS) is 11.5. The molecular weight excluding hydrogens is 357 g/mol. The number of nitrogens with zero attached hydrogens (tertiary/aromatic N) is 1. The van der Waals surface area contributed by atoms with Crippen LogP contribution in [0.25, 0.3) is 0 Å². The highest BCUT2D eigenvalue weighted by atomic mass is 31.2. The van der Waals surface area contributed by atoms with Crippen molar-refractivity contribution in [1.82, 2.24) is 5.32 Å². The van der Waals surface area contributed by atoms with Gasteiger partial charge in [-0.15, -0.1) is 0 Å². The van der Waals surface area contributed by atoms with E-state index in [2.05, 4.69) is 34.1 Å².